The van der Waals surface area contributed by atoms with Gasteiger partial charge < -0.3 is 10.2 Å². The van der Waals surface area contributed by atoms with Gasteiger partial charge in [0.2, 0.25) is 0 Å². The number of furan rings is 1. The summed E-state index contributed by atoms with van der Waals surface area (Å²) < 4.78 is 8.09. The van der Waals surface area contributed by atoms with Gasteiger partial charge in [0.25, 0.3) is 0 Å². The Morgan fingerprint density at radius 1 is 1.47 bits per heavy atom. The zero-order chi connectivity index (χ0) is 12.4. The average molecular weight is 299 g/mol. The van der Waals surface area contributed by atoms with Crippen molar-refractivity contribution in [3.63, 3.8) is 0 Å². The van der Waals surface area contributed by atoms with Gasteiger partial charge in [-0.2, -0.15) is 0 Å². The van der Waals surface area contributed by atoms with Gasteiger partial charge >= 0.3 is 0 Å². The lowest BCUT2D eigenvalue weighted by Gasteiger charge is -2.07. The number of nitrogens with zero attached hydrogens (tertiary/aromatic N) is 3. The maximum absolute atomic E-state index is 5.67. The predicted octanol–water partition coefficient (Wildman–Crippen LogP) is 2.42. The van der Waals surface area contributed by atoms with Gasteiger partial charge in [-0.25, -0.2) is 4.68 Å². The molecular weight excluding hydrogens is 284 g/mol. The molecule has 0 amide bonds. The highest BCUT2D eigenvalue weighted by Gasteiger charge is 2.17. The molecule has 0 spiro atoms. The van der Waals surface area contributed by atoms with Gasteiger partial charge in [0.05, 0.1) is 0 Å². The van der Waals surface area contributed by atoms with Gasteiger partial charge in [0, 0.05) is 13.1 Å². The summed E-state index contributed by atoms with van der Waals surface area (Å²) in [7, 11) is 0. The van der Waals surface area contributed by atoms with Crippen LogP contribution in [0.3, 0.4) is 0 Å². The summed E-state index contributed by atoms with van der Waals surface area (Å²) in [5, 5.41) is 8.21. The third kappa shape index (κ3) is 2.58. The van der Waals surface area contributed by atoms with Crippen LogP contribution in [0.4, 0.5) is 0 Å². The monoisotopic (exact) mass is 298 g/mol. The second-order valence-corrected chi connectivity index (χ2v) is 5.05. The normalized spacial score (nSPS) is 11.4. The Morgan fingerprint density at radius 3 is 2.76 bits per heavy atom. The molecule has 0 unspecified atom stereocenters. The topological polar surface area (TPSA) is 69.9 Å². The number of hydrogen-bond donors (Lipinski definition) is 1. The van der Waals surface area contributed by atoms with Crippen LogP contribution in [0.25, 0.3) is 11.5 Å². The summed E-state index contributed by atoms with van der Waals surface area (Å²) in [6, 6.07) is 3.74. The smallest absolute Gasteiger partial charge is 0.169 e. The van der Waals surface area contributed by atoms with Crippen LogP contribution in [-0.2, 0) is 13.1 Å². The lowest BCUT2D eigenvalue weighted by atomic mass is 10.2. The summed E-state index contributed by atoms with van der Waals surface area (Å²) >= 11 is 3.29. The zero-order valence-electron chi connectivity index (χ0n) is 9.85. The van der Waals surface area contributed by atoms with Crippen molar-refractivity contribution in [3.8, 4) is 11.5 Å². The fourth-order valence-corrected chi connectivity index (χ4v) is 1.98. The van der Waals surface area contributed by atoms with E-state index in [4.69, 9.17) is 10.2 Å². The van der Waals surface area contributed by atoms with E-state index in [0.717, 1.165) is 23.7 Å². The Morgan fingerprint density at radius 2 is 2.24 bits per heavy atom. The molecule has 2 heterocycles. The van der Waals surface area contributed by atoms with E-state index in [1.807, 2.05) is 16.8 Å². The molecule has 2 rings (SSSR count). The highest BCUT2D eigenvalue weighted by molar-refractivity contribution is 9.10. The molecule has 0 saturated heterocycles. The summed E-state index contributed by atoms with van der Waals surface area (Å²) in [5.74, 6) is 1.22. The molecule has 2 aromatic heterocycles. The quantitative estimate of drug-likeness (QED) is 0.941. The maximum atomic E-state index is 5.67. The largest absolute Gasteiger partial charge is 0.448 e. The van der Waals surface area contributed by atoms with Crippen LogP contribution in [0.15, 0.2) is 21.2 Å². The SMILES string of the molecule is CC(C)Cn1nnc(CN)c1-c1ccc(Br)o1. The van der Waals surface area contributed by atoms with Crippen LogP contribution >= 0.6 is 15.9 Å². The molecule has 17 heavy (non-hydrogen) atoms. The zero-order valence-corrected chi connectivity index (χ0v) is 11.4. The first kappa shape index (κ1) is 12.3. The second-order valence-electron chi connectivity index (χ2n) is 4.27. The minimum absolute atomic E-state index is 0.353. The van der Waals surface area contributed by atoms with Crippen molar-refractivity contribution in [1.29, 1.82) is 0 Å². The van der Waals surface area contributed by atoms with Crippen molar-refractivity contribution in [2.24, 2.45) is 11.7 Å². The van der Waals surface area contributed by atoms with Gasteiger partial charge in [-0.3, -0.25) is 0 Å². The first-order valence-corrected chi connectivity index (χ1v) is 6.29. The van der Waals surface area contributed by atoms with Crippen LogP contribution in [-0.4, -0.2) is 15.0 Å². The van der Waals surface area contributed by atoms with Gasteiger partial charge in [-0.1, -0.05) is 19.1 Å². The predicted molar refractivity (Wildman–Crippen MR) is 68.2 cm³/mol. The average Bonchev–Trinajstić information content (AvgIpc) is 2.83. The highest BCUT2D eigenvalue weighted by Crippen LogP contribution is 2.27. The number of aromatic nitrogens is 3. The standard InChI is InChI=1S/C11H15BrN4O/c1-7(2)6-16-11(8(5-13)14-15-16)9-3-4-10(12)17-9/h3-4,7H,5-6,13H2,1-2H3. The van der Waals surface area contributed by atoms with E-state index in [1.165, 1.54) is 0 Å². The van der Waals surface area contributed by atoms with Crippen molar-refractivity contribution >= 4 is 15.9 Å². The Bertz CT molecular complexity index is 503. The summed E-state index contributed by atoms with van der Waals surface area (Å²) in [6.45, 7) is 5.41. The second kappa shape index (κ2) is 5.01. The van der Waals surface area contributed by atoms with Gasteiger partial charge in [0.15, 0.2) is 10.4 Å². The van der Waals surface area contributed by atoms with Crippen LogP contribution < -0.4 is 5.73 Å². The van der Waals surface area contributed by atoms with Crippen molar-refractivity contribution in [2.45, 2.75) is 26.9 Å². The lowest BCUT2D eigenvalue weighted by molar-refractivity contribution is 0.467. The van der Waals surface area contributed by atoms with Crippen molar-refractivity contribution < 1.29 is 4.42 Å². The third-order valence-corrected chi connectivity index (χ3v) is 2.77. The Kier molecular flexibility index (Phi) is 3.63. The molecule has 0 aliphatic heterocycles. The first-order chi connectivity index (χ1) is 8.11. The molecule has 0 aliphatic rings. The fourth-order valence-electron chi connectivity index (χ4n) is 1.67. The number of nitrogens with two attached hydrogens (primary N) is 1. The summed E-state index contributed by atoms with van der Waals surface area (Å²) in [4.78, 5) is 0. The lowest BCUT2D eigenvalue weighted by Crippen LogP contribution is -2.08. The molecule has 0 fully saturated rings. The van der Waals surface area contributed by atoms with E-state index >= 15 is 0 Å². The molecule has 6 heteroatoms. The van der Waals surface area contributed by atoms with Gasteiger partial charge in [0.1, 0.15) is 11.4 Å². The summed E-state index contributed by atoms with van der Waals surface area (Å²) in [5.41, 5.74) is 7.29. The van der Waals surface area contributed by atoms with E-state index in [-0.39, 0.29) is 0 Å². The Balaban J connectivity index is 2.45. The van der Waals surface area contributed by atoms with Crippen LogP contribution in [0.5, 0.6) is 0 Å². The molecule has 0 atom stereocenters. The minimum Gasteiger partial charge on any atom is -0.448 e. The van der Waals surface area contributed by atoms with E-state index < -0.39 is 0 Å². The first-order valence-electron chi connectivity index (χ1n) is 5.50. The fraction of sp³-hybridized carbons (Fsp3) is 0.455. The number of hydrogen-bond acceptors (Lipinski definition) is 4. The Hall–Kier alpha value is -1.14. The van der Waals surface area contributed by atoms with E-state index in [0.29, 0.717) is 17.1 Å². The van der Waals surface area contributed by atoms with Gasteiger partial charge in [-0.05, 0) is 34.0 Å². The molecule has 92 valence electrons. The Labute approximate surface area is 108 Å². The van der Waals surface area contributed by atoms with E-state index in [1.54, 1.807) is 0 Å². The van der Waals surface area contributed by atoms with Crippen LogP contribution in [0, 0.1) is 5.92 Å². The maximum Gasteiger partial charge on any atom is 0.169 e. The van der Waals surface area contributed by atoms with Crippen molar-refractivity contribution in [2.75, 3.05) is 0 Å². The molecule has 0 radical (unpaired) electrons. The molecule has 2 aromatic rings. The minimum atomic E-state index is 0.353. The molecule has 0 saturated carbocycles. The van der Waals surface area contributed by atoms with Crippen molar-refractivity contribution in [1.82, 2.24) is 15.0 Å². The summed E-state index contributed by atoms with van der Waals surface area (Å²) in [6.07, 6.45) is 0. The van der Waals surface area contributed by atoms with Crippen molar-refractivity contribution in [3.05, 3.63) is 22.5 Å². The van der Waals surface area contributed by atoms with Gasteiger partial charge in [-0.15, -0.1) is 5.10 Å². The van der Waals surface area contributed by atoms with E-state index in [2.05, 4.69) is 40.1 Å². The molecule has 0 bridgehead atoms. The highest BCUT2D eigenvalue weighted by atomic mass is 79.9. The third-order valence-electron chi connectivity index (χ3n) is 2.34. The van der Waals surface area contributed by atoms with Crippen LogP contribution in [0.1, 0.15) is 19.5 Å². The molecule has 2 N–H and O–H groups in total. The number of halogens is 1. The van der Waals surface area contributed by atoms with E-state index in [9.17, 15) is 0 Å². The molecule has 0 aliphatic carbocycles. The molecule has 5 nitrogen and oxygen atoms in total. The van der Waals surface area contributed by atoms with Crippen LogP contribution in [0.2, 0.25) is 0 Å². The molecular formula is C11H15BrN4O. The number of rotatable bonds is 4. The molecule has 0 aromatic carbocycles.